The van der Waals surface area contributed by atoms with Crippen LogP contribution in [0.3, 0.4) is 0 Å². The molecule has 0 N–H and O–H groups in total. The fourth-order valence-corrected chi connectivity index (χ4v) is 5.10. The normalized spacial score (nSPS) is 11.1. The predicted octanol–water partition coefficient (Wildman–Crippen LogP) is 7.33. The fourth-order valence-electron chi connectivity index (χ4n) is 5.10. The molecule has 0 radical (unpaired) electrons. The molecule has 9 nitrogen and oxygen atoms in total. The minimum absolute atomic E-state index is 0.0729. The van der Waals surface area contributed by atoms with Gasteiger partial charge in [0.05, 0.1) is 0 Å². The van der Waals surface area contributed by atoms with Crippen molar-refractivity contribution in [2.24, 2.45) is 5.41 Å². The molecular formula is C40H48O9. The molecule has 0 amide bonds. The van der Waals surface area contributed by atoms with Gasteiger partial charge in [0.2, 0.25) is 11.6 Å². The van der Waals surface area contributed by atoms with E-state index in [4.69, 9.17) is 18.9 Å². The Bertz CT molecular complexity index is 1640. The number of Topliss-reactive ketones (excluding diaryl/α,β-unsaturated/α-hetero) is 2. The number of ketones is 2. The van der Waals surface area contributed by atoms with E-state index in [0.29, 0.717) is 12.2 Å². The van der Waals surface area contributed by atoms with Crippen LogP contribution in [0.15, 0.2) is 66.7 Å². The van der Waals surface area contributed by atoms with Crippen LogP contribution < -0.4 is 4.74 Å². The van der Waals surface area contributed by atoms with Crippen LogP contribution in [0.25, 0.3) is 21.9 Å². The lowest BCUT2D eigenvalue weighted by Gasteiger charge is -2.32. The molecule has 0 aliphatic heterocycles. The van der Waals surface area contributed by atoms with Crippen molar-refractivity contribution in [2.75, 3.05) is 26.4 Å². The van der Waals surface area contributed by atoms with Crippen molar-refractivity contribution >= 4 is 40.2 Å². The SMILES string of the molecule is C=C(C)C(=O)OCC(COC(=O)C(=O)CC)(COC(=O)C(=O)CC)COc1ccc(-c2ccc3cc(CCCCC)ccc3c2)cc1CC. The van der Waals surface area contributed by atoms with Crippen molar-refractivity contribution in [2.45, 2.75) is 79.6 Å². The zero-order valence-electron chi connectivity index (χ0n) is 29.4. The zero-order chi connectivity index (χ0) is 36.0. The Morgan fingerprint density at radius 1 is 0.653 bits per heavy atom. The van der Waals surface area contributed by atoms with E-state index >= 15 is 0 Å². The Kier molecular flexibility index (Phi) is 14.7. The van der Waals surface area contributed by atoms with Gasteiger partial charge in [-0.1, -0.05) is 83.5 Å². The summed E-state index contributed by atoms with van der Waals surface area (Å²) in [5, 5.41) is 2.34. The first-order chi connectivity index (χ1) is 23.4. The lowest BCUT2D eigenvalue weighted by molar-refractivity contribution is -0.168. The number of ether oxygens (including phenoxy) is 4. The molecule has 0 saturated carbocycles. The molecule has 0 aliphatic rings. The summed E-state index contributed by atoms with van der Waals surface area (Å²) in [5.74, 6) is -3.88. The average Bonchev–Trinajstić information content (AvgIpc) is 3.12. The van der Waals surface area contributed by atoms with Gasteiger partial charge in [-0.05, 0) is 77.4 Å². The van der Waals surface area contributed by atoms with Crippen LogP contribution in [0.5, 0.6) is 5.75 Å². The molecule has 3 aromatic rings. The maximum atomic E-state index is 12.4. The highest BCUT2D eigenvalue weighted by molar-refractivity contribution is 6.33. The number of esters is 3. The Balaban J connectivity index is 1.90. The fraction of sp³-hybridized carbons (Fsp3) is 0.425. The van der Waals surface area contributed by atoms with Gasteiger partial charge in [-0.25, -0.2) is 14.4 Å². The molecule has 0 bridgehead atoms. The summed E-state index contributed by atoms with van der Waals surface area (Å²) >= 11 is 0. The first-order valence-corrected chi connectivity index (χ1v) is 17.0. The topological polar surface area (TPSA) is 122 Å². The van der Waals surface area contributed by atoms with Crippen LogP contribution in [0.1, 0.15) is 77.8 Å². The number of benzene rings is 3. The van der Waals surface area contributed by atoms with Crippen molar-refractivity contribution < 1.29 is 42.9 Å². The lowest BCUT2D eigenvalue weighted by Crippen LogP contribution is -2.45. The second-order valence-corrected chi connectivity index (χ2v) is 12.4. The first-order valence-electron chi connectivity index (χ1n) is 17.0. The number of rotatable bonds is 20. The van der Waals surface area contributed by atoms with E-state index in [1.54, 1.807) is 0 Å². The number of unbranched alkanes of at least 4 members (excludes halogenated alkanes) is 2. The molecule has 3 rings (SSSR count). The van der Waals surface area contributed by atoms with Gasteiger partial charge in [-0.3, -0.25) is 9.59 Å². The third-order valence-electron chi connectivity index (χ3n) is 8.26. The molecule has 262 valence electrons. The van der Waals surface area contributed by atoms with Crippen LogP contribution in [0, 0.1) is 5.41 Å². The van der Waals surface area contributed by atoms with E-state index < -0.39 is 54.7 Å². The second-order valence-electron chi connectivity index (χ2n) is 12.4. The summed E-state index contributed by atoms with van der Waals surface area (Å²) in [5.41, 5.74) is 2.93. The monoisotopic (exact) mass is 672 g/mol. The van der Waals surface area contributed by atoms with E-state index in [0.717, 1.165) is 28.5 Å². The molecule has 49 heavy (non-hydrogen) atoms. The number of carbonyl (C=O) groups excluding carboxylic acids is 5. The minimum atomic E-state index is -1.46. The van der Waals surface area contributed by atoms with Crippen molar-refractivity contribution in [3.8, 4) is 16.9 Å². The summed E-state index contributed by atoms with van der Waals surface area (Å²) in [4.78, 5) is 61.1. The van der Waals surface area contributed by atoms with Crippen molar-refractivity contribution in [3.63, 3.8) is 0 Å². The van der Waals surface area contributed by atoms with Gasteiger partial charge in [0, 0.05) is 18.4 Å². The van der Waals surface area contributed by atoms with Gasteiger partial charge in [0.1, 0.15) is 37.6 Å². The highest BCUT2D eigenvalue weighted by Crippen LogP contribution is 2.32. The van der Waals surface area contributed by atoms with Crippen LogP contribution in [-0.4, -0.2) is 55.9 Å². The standard InChI is InChI=1S/C40H48O9/c1-7-11-12-13-28-14-15-31-22-32(17-16-30(31)20-28)33-18-19-36(29(8-2)21-33)46-23-40(24-47-37(43)27(5)6,25-48-38(44)34(41)9-3)26-49-39(45)35(42)10-4/h14-22H,5,7-13,23-26H2,1-4,6H3. The third kappa shape index (κ3) is 11.1. The first kappa shape index (κ1) is 38.7. The third-order valence-corrected chi connectivity index (χ3v) is 8.26. The summed E-state index contributed by atoms with van der Waals surface area (Å²) in [7, 11) is 0. The zero-order valence-corrected chi connectivity index (χ0v) is 29.4. The van der Waals surface area contributed by atoms with Crippen molar-refractivity contribution in [1.82, 2.24) is 0 Å². The van der Waals surface area contributed by atoms with Gasteiger partial charge < -0.3 is 18.9 Å². The maximum Gasteiger partial charge on any atom is 0.374 e. The maximum absolute atomic E-state index is 12.4. The van der Waals surface area contributed by atoms with Gasteiger partial charge in [0.15, 0.2) is 0 Å². The van der Waals surface area contributed by atoms with E-state index in [1.807, 2.05) is 25.1 Å². The Morgan fingerprint density at radius 2 is 1.20 bits per heavy atom. The quantitative estimate of drug-likeness (QED) is 0.0399. The number of hydrogen-bond donors (Lipinski definition) is 0. The van der Waals surface area contributed by atoms with Crippen LogP contribution >= 0.6 is 0 Å². The van der Waals surface area contributed by atoms with E-state index in [2.05, 4.69) is 49.9 Å². The van der Waals surface area contributed by atoms with Crippen LogP contribution in [0.4, 0.5) is 0 Å². The molecule has 0 spiro atoms. The highest BCUT2D eigenvalue weighted by atomic mass is 16.6. The largest absolute Gasteiger partial charge is 0.492 e. The second kappa shape index (κ2) is 18.7. The Labute approximate surface area is 289 Å². The Hall–Kier alpha value is -4.79. The molecule has 0 atom stereocenters. The molecular weight excluding hydrogens is 624 g/mol. The van der Waals surface area contributed by atoms with E-state index in [-0.39, 0.29) is 25.0 Å². The van der Waals surface area contributed by atoms with Gasteiger partial charge >= 0.3 is 17.9 Å². The summed E-state index contributed by atoms with van der Waals surface area (Å²) in [6.07, 6.45) is 5.15. The number of hydrogen-bond acceptors (Lipinski definition) is 9. The van der Waals surface area contributed by atoms with E-state index in [9.17, 15) is 24.0 Å². The minimum Gasteiger partial charge on any atom is -0.492 e. The molecule has 9 heteroatoms. The Morgan fingerprint density at radius 3 is 1.78 bits per heavy atom. The van der Waals surface area contributed by atoms with Gasteiger partial charge in [-0.15, -0.1) is 0 Å². The highest BCUT2D eigenvalue weighted by Gasteiger charge is 2.38. The summed E-state index contributed by atoms with van der Waals surface area (Å²) in [6, 6.07) is 18.8. The number of carbonyl (C=O) groups is 5. The number of aryl methyl sites for hydroxylation is 2. The molecule has 0 unspecified atom stereocenters. The molecule has 0 heterocycles. The molecule has 0 fully saturated rings. The van der Waals surface area contributed by atoms with Crippen LogP contribution in [-0.2, 0) is 51.0 Å². The summed E-state index contributed by atoms with van der Waals surface area (Å²) < 4.78 is 22.3. The van der Waals surface area contributed by atoms with Gasteiger partial charge in [0.25, 0.3) is 0 Å². The number of fused-ring (bicyclic) bond motifs is 1. The molecule has 0 aliphatic carbocycles. The summed E-state index contributed by atoms with van der Waals surface area (Å²) in [6.45, 7) is 10.6. The smallest absolute Gasteiger partial charge is 0.374 e. The van der Waals surface area contributed by atoms with Crippen molar-refractivity contribution in [1.29, 1.82) is 0 Å². The predicted molar refractivity (Wildman–Crippen MR) is 188 cm³/mol. The van der Waals surface area contributed by atoms with Crippen LogP contribution in [0.2, 0.25) is 0 Å². The van der Waals surface area contributed by atoms with Crippen molar-refractivity contribution in [3.05, 3.63) is 77.9 Å². The average molecular weight is 673 g/mol. The van der Waals surface area contributed by atoms with E-state index in [1.165, 1.54) is 51.0 Å². The molecule has 3 aromatic carbocycles. The lowest BCUT2D eigenvalue weighted by atomic mass is 9.91. The van der Waals surface area contributed by atoms with Gasteiger partial charge in [-0.2, -0.15) is 0 Å². The molecule has 0 aromatic heterocycles. The molecule has 0 saturated heterocycles.